The fourth-order valence-electron chi connectivity index (χ4n) is 2.50. The average Bonchev–Trinajstić information content (AvgIpc) is 3.13. The summed E-state index contributed by atoms with van der Waals surface area (Å²) in [6, 6.07) is 12.5. The van der Waals surface area contributed by atoms with Crippen molar-refractivity contribution in [1.82, 2.24) is 15.8 Å². The van der Waals surface area contributed by atoms with Crippen LogP contribution in [0.25, 0.3) is 16.3 Å². The smallest absolute Gasteiger partial charge is 0.269 e. The summed E-state index contributed by atoms with van der Waals surface area (Å²) in [7, 11) is 1.50. The summed E-state index contributed by atoms with van der Waals surface area (Å²) < 4.78 is 11.9. The number of nitrogens with zero attached hydrogens (tertiary/aromatic N) is 1. The van der Waals surface area contributed by atoms with E-state index in [1.54, 1.807) is 24.3 Å². The van der Waals surface area contributed by atoms with Crippen molar-refractivity contribution in [2.24, 2.45) is 0 Å². The highest BCUT2D eigenvalue weighted by molar-refractivity contribution is 7.19. The van der Waals surface area contributed by atoms with Gasteiger partial charge in [-0.1, -0.05) is 12.1 Å². The Labute approximate surface area is 172 Å². The number of hydrogen-bond acceptors (Lipinski definition) is 6. The summed E-state index contributed by atoms with van der Waals surface area (Å²) in [5.41, 5.74) is 5.93. The molecule has 0 bridgehead atoms. The van der Waals surface area contributed by atoms with Crippen molar-refractivity contribution in [3.63, 3.8) is 0 Å². The van der Waals surface area contributed by atoms with Crippen LogP contribution in [-0.4, -0.2) is 30.0 Å². The number of hydrazine groups is 1. The summed E-state index contributed by atoms with van der Waals surface area (Å²) in [5, 5.41) is 0.707. The lowest BCUT2D eigenvalue weighted by Gasteiger charge is -2.14. The van der Waals surface area contributed by atoms with Gasteiger partial charge in [-0.3, -0.25) is 20.4 Å². The minimum absolute atomic E-state index is 0.0231. The molecule has 3 rings (SSSR count). The second-order valence-electron chi connectivity index (χ2n) is 6.33. The monoisotopic (exact) mass is 411 g/mol. The number of amides is 2. The number of aromatic nitrogens is 1. The Hall–Kier alpha value is -3.39. The summed E-state index contributed by atoms with van der Waals surface area (Å²) >= 11 is 1.48. The molecule has 0 spiro atoms. The van der Waals surface area contributed by atoms with Crippen molar-refractivity contribution in [3.8, 4) is 11.5 Å². The van der Waals surface area contributed by atoms with Crippen molar-refractivity contribution < 1.29 is 19.1 Å². The normalized spacial score (nSPS) is 11.0. The number of benzene rings is 2. The highest BCUT2D eigenvalue weighted by Crippen LogP contribution is 2.29. The molecule has 0 atom stereocenters. The van der Waals surface area contributed by atoms with E-state index in [-0.39, 0.29) is 6.10 Å². The van der Waals surface area contributed by atoms with Crippen LogP contribution in [0.5, 0.6) is 11.5 Å². The van der Waals surface area contributed by atoms with E-state index in [1.165, 1.54) is 24.5 Å². The first kappa shape index (κ1) is 20.3. The third-order valence-corrected chi connectivity index (χ3v) is 4.78. The van der Waals surface area contributed by atoms with Gasteiger partial charge in [0.15, 0.2) is 11.5 Å². The van der Waals surface area contributed by atoms with E-state index >= 15 is 0 Å². The van der Waals surface area contributed by atoms with Crippen molar-refractivity contribution in [3.05, 3.63) is 59.1 Å². The predicted octanol–water partition coefficient (Wildman–Crippen LogP) is 3.57. The number of nitrogens with one attached hydrogen (secondary N) is 2. The maximum atomic E-state index is 12.3. The molecular weight excluding hydrogens is 390 g/mol. The van der Waals surface area contributed by atoms with Crippen LogP contribution in [0.4, 0.5) is 0 Å². The topological polar surface area (TPSA) is 89.6 Å². The molecule has 0 aliphatic heterocycles. The molecule has 0 unspecified atom stereocenters. The maximum Gasteiger partial charge on any atom is 0.269 e. The minimum atomic E-state index is -0.471. The van der Waals surface area contributed by atoms with Gasteiger partial charge in [0.25, 0.3) is 11.8 Å². The Morgan fingerprint density at radius 2 is 1.90 bits per heavy atom. The van der Waals surface area contributed by atoms with Crippen molar-refractivity contribution in [1.29, 1.82) is 0 Å². The lowest BCUT2D eigenvalue weighted by Crippen LogP contribution is -2.40. The SMILES string of the molecule is COc1cc(C(=O)NNC(=O)/C=C/c2nc3ccccc3s2)ccc1OC(C)C. The number of para-hydroxylation sites is 1. The Morgan fingerprint density at radius 3 is 2.62 bits per heavy atom. The van der Waals surface area contributed by atoms with Gasteiger partial charge in [0.05, 0.1) is 23.4 Å². The molecule has 0 aliphatic rings. The number of hydrogen-bond donors (Lipinski definition) is 2. The van der Waals surface area contributed by atoms with Crippen molar-refractivity contribution >= 4 is 39.4 Å². The number of ether oxygens (including phenoxy) is 2. The van der Waals surface area contributed by atoms with Crippen LogP contribution < -0.4 is 20.3 Å². The van der Waals surface area contributed by atoms with Crippen LogP contribution >= 0.6 is 11.3 Å². The lowest BCUT2D eigenvalue weighted by molar-refractivity contribution is -0.117. The quantitative estimate of drug-likeness (QED) is 0.478. The number of carbonyl (C=O) groups excluding carboxylic acids is 2. The Bertz CT molecular complexity index is 1030. The van der Waals surface area contributed by atoms with Gasteiger partial charge in [-0.05, 0) is 50.3 Å². The molecule has 0 saturated carbocycles. The van der Waals surface area contributed by atoms with E-state index in [0.717, 1.165) is 10.2 Å². The first-order valence-corrected chi connectivity index (χ1v) is 9.76. The van der Waals surface area contributed by atoms with Gasteiger partial charge in [0.1, 0.15) is 5.01 Å². The third-order valence-electron chi connectivity index (χ3n) is 3.78. The molecule has 1 heterocycles. The van der Waals surface area contributed by atoms with Gasteiger partial charge >= 0.3 is 0 Å². The van der Waals surface area contributed by atoms with Gasteiger partial charge in [0, 0.05) is 11.6 Å². The molecule has 2 aromatic carbocycles. The van der Waals surface area contributed by atoms with Crippen LogP contribution in [0.2, 0.25) is 0 Å². The molecule has 3 aromatic rings. The Balaban J connectivity index is 1.58. The van der Waals surface area contributed by atoms with Gasteiger partial charge in [-0.2, -0.15) is 0 Å². The fourth-order valence-corrected chi connectivity index (χ4v) is 3.37. The molecule has 0 fully saturated rings. The molecule has 150 valence electrons. The Kier molecular flexibility index (Phi) is 6.46. The summed E-state index contributed by atoms with van der Waals surface area (Å²) in [4.78, 5) is 28.7. The first-order chi connectivity index (χ1) is 14.0. The second-order valence-corrected chi connectivity index (χ2v) is 7.39. The molecule has 29 heavy (non-hydrogen) atoms. The van der Waals surface area contributed by atoms with Gasteiger partial charge in [-0.15, -0.1) is 11.3 Å². The number of fused-ring (bicyclic) bond motifs is 1. The number of thiazole rings is 1. The summed E-state index contributed by atoms with van der Waals surface area (Å²) in [5.74, 6) is 0.0423. The van der Waals surface area contributed by atoms with E-state index in [4.69, 9.17) is 9.47 Å². The maximum absolute atomic E-state index is 12.3. The van der Waals surface area contributed by atoms with E-state index in [9.17, 15) is 9.59 Å². The molecular formula is C21H21N3O4S. The molecule has 7 nitrogen and oxygen atoms in total. The highest BCUT2D eigenvalue weighted by Gasteiger charge is 2.12. The van der Waals surface area contributed by atoms with Gasteiger partial charge in [-0.25, -0.2) is 4.98 Å². The van der Waals surface area contributed by atoms with E-state index < -0.39 is 11.8 Å². The molecule has 2 N–H and O–H groups in total. The van der Waals surface area contributed by atoms with Crippen LogP contribution in [0, 0.1) is 0 Å². The van der Waals surface area contributed by atoms with Crippen LogP contribution in [0.15, 0.2) is 48.5 Å². The van der Waals surface area contributed by atoms with E-state index in [1.807, 2.05) is 38.1 Å². The first-order valence-electron chi connectivity index (χ1n) is 8.95. The zero-order valence-corrected chi connectivity index (χ0v) is 17.1. The lowest BCUT2D eigenvalue weighted by atomic mass is 10.2. The zero-order chi connectivity index (χ0) is 20.8. The summed E-state index contributed by atoms with van der Waals surface area (Å²) in [6.07, 6.45) is 2.90. The molecule has 0 radical (unpaired) electrons. The number of rotatable bonds is 6. The minimum Gasteiger partial charge on any atom is -0.493 e. The number of carbonyl (C=O) groups is 2. The van der Waals surface area contributed by atoms with Crippen LogP contribution in [0.3, 0.4) is 0 Å². The molecule has 0 saturated heterocycles. The highest BCUT2D eigenvalue weighted by atomic mass is 32.1. The largest absolute Gasteiger partial charge is 0.493 e. The van der Waals surface area contributed by atoms with Crippen LogP contribution in [-0.2, 0) is 4.79 Å². The van der Waals surface area contributed by atoms with E-state index in [0.29, 0.717) is 22.1 Å². The second kappa shape index (κ2) is 9.20. The average molecular weight is 411 g/mol. The number of methoxy groups -OCH3 is 1. The molecule has 2 amide bonds. The fraction of sp³-hybridized carbons (Fsp3) is 0.190. The standard InChI is InChI=1S/C21H21N3O4S/c1-13(2)28-16-9-8-14(12-17(16)27-3)21(26)24-23-19(25)10-11-20-22-15-6-4-5-7-18(15)29-20/h4-13H,1-3H3,(H,23,25)(H,24,26)/b11-10+. The zero-order valence-electron chi connectivity index (χ0n) is 16.3. The summed E-state index contributed by atoms with van der Waals surface area (Å²) in [6.45, 7) is 3.80. The van der Waals surface area contributed by atoms with Gasteiger partial charge in [0.2, 0.25) is 0 Å². The molecule has 8 heteroatoms. The van der Waals surface area contributed by atoms with E-state index in [2.05, 4.69) is 15.8 Å². The Morgan fingerprint density at radius 1 is 1.10 bits per heavy atom. The van der Waals surface area contributed by atoms with Crippen molar-refractivity contribution in [2.75, 3.05) is 7.11 Å². The molecule has 0 aliphatic carbocycles. The third kappa shape index (κ3) is 5.32. The van der Waals surface area contributed by atoms with Crippen LogP contribution in [0.1, 0.15) is 29.2 Å². The van der Waals surface area contributed by atoms with Gasteiger partial charge < -0.3 is 9.47 Å². The molecule has 1 aromatic heterocycles. The van der Waals surface area contributed by atoms with Crippen molar-refractivity contribution in [2.45, 2.75) is 20.0 Å². The predicted molar refractivity (Wildman–Crippen MR) is 113 cm³/mol.